The number of hydrogen-bond acceptors (Lipinski definition) is 4. The molecule has 1 heterocycles. The van der Waals surface area contributed by atoms with E-state index in [0.29, 0.717) is 5.69 Å². The molecule has 2 aromatic rings. The Balaban J connectivity index is 2.37. The Hall–Kier alpha value is -2.26. The minimum absolute atomic E-state index is 0.0688. The maximum absolute atomic E-state index is 13.7. The number of imidazole rings is 1. The summed E-state index contributed by atoms with van der Waals surface area (Å²) in [4.78, 5) is 16.9. The van der Waals surface area contributed by atoms with Gasteiger partial charge >= 0.3 is 5.97 Å². The van der Waals surface area contributed by atoms with Gasteiger partial charge in [0, 0.05) is 17.5 Å². The lowest BCUT2D eigenvalue weighted by Gasteiger charge is -2.10. The van der Waals surface area contributed by atoms with E-state index in [4.69, 9.17) is 5.11 Å². The monoisotopic (exact) mass is 313 g/mol. The molecule has 0 amide bonds. The molecule has 0 bridgehead atoms. The van der Waals surface area contributed by atoms with Crippen LogP contribution in [0.2, 0.25) is 0 Å². The first-order valence-corrected chi connectivity index (χ1v) is 7.30. The molecule has 0 saturated heterocycles. The Morgan fingerprint density at radius 2 is 2.19 bits per heavy atom. The molecule has 0 saturated carbocycles. The van der Waals surface area contributed by atoms with Crippen LogP contribution in [0.4, 0.5) is 4.39 Å². The molecular weight excluding hydrogens is 301 g/mol. The number of halogens is 1. The molecule has 0 spiro atoms. The zero-order valence-electron chi connectivity index (χ0n) is 10.9. The second-order valence-corrected chi connectivity index (χ2v) is 6.02. The summed E-state index contributed by atoms with van der Waals surface area (Å²) in [6, 6.07) is 1.71. The standard InChI is InChI=1S/C12H12FN3O4S/c1-7-10(13)2-8(12(17)18)3-11(7)21(19,20)16-5-9-4-14-6-15-9/h2-4,6,16H,5H2,1H3,(H,14,15)(H,17,18). The summed E-state index contributed by atoms with van der Waals surface area (Å²) in [7, 11) is -4.05. The van der Waals surface area contributed by atoms with Gasteiger partial charge in [0.1, 0.15) is 5.82 Å². The van der Waals surface area contributed by atoms with Crippen LogP contribution in [0.1, 0.15) is 21.6 Å². The van der Waals surface area contributed by atoms with Gasteiger partial charge in [0.15, 0.2) is 0 Å². The lowest BCUT2D eigenvalue weighted by atomic mass is 10.1. The van der Waals surface area contributed by atoms with Crippen molar-refractivity contribution in [2.45, 2.75) is 18.4 Å². The number of carboxylic acid groups (broad SMARTS) is 1. The van der Waals surface area contributed by atoms with E-state index in [-0.39, 0.29) is 12.1 Å². The van der Waals surface area contributed by atoms with Crippen LogP contribution in [0.5, 0.6) is 0 Å². The molecule has 0 aliphatic heterocycles. The molecule has 112 valence electrons. The molecule has 0 fully saturated rings. The third-order valence-electron chi connectivity index (χ3n) is 2.84. The van der Waals surface area contributed by atoms with Crippen LogP contribution < -0.4 is 4.72 Å². The van der Waals surface area contributed by atoms with E-state index in [9.17, 15) is 17.6 Å². The van der Waals surface area contributed by atoms with E-state index in [1.165, 1.54) is 19.4 Å². The number of nitrogens with one attached hydrogen (secondary N) is 2. The largest absolute Gasteiger partial charge is 0.478 e. The minimum atomic E-state index is -4.05. The Labute approximate surface area is 119 Å². The average Bonchev–Trinajstić information content (AvgIpc) is 2.92. The van der Waals surface area contributed by atoms with Gasteiger partial charge < -0.3 is 10.1 Å². The van der Waals surface area contributed by atoms with Crippen LogP contribution in [0, 0.1) is 12.7 Å². The van der Waals surface area contributed by atoms with Gasteiger partial charge in [-0.05, 0) is 19.1 Å². The highest BCUT2D eigenvalue weighted by Gasteiger charge is 2.22. The van der Waals surface area contributed by atoms with Crippen molar-refractivity contribution in [3.05, 3.63) is 47.3 Å². The molecular formula is C12H12FN3O4S. The Morgan fingerprint density at radius 1 is 1.48 bits per heavy atom. The summed E-state index contributed by atoms with van der Waals surface area (Å²) in [6.07, 6.45) is 2.82. The highest BCUT2D eigenvalue weighted by Crippen LogP contribution is 2.20. The van der Waals surface area contributed by atoms with Gasteiger partial charge in [-0.2, -0.15) is 0 Å². The lowest BCUT2D eigenvalue weighted by molar-refractivity contribution is 0.0696. The average molecular weight is 313 g/mol. The van der Waals surface area contributed by atoms with Crippen molar-refractivity contribution in [3.63, 3.8) is 0 Å². The van der Waals surface area contributed by atoms with Gasteiger partial charge in [-0.1, -0.05) is 0 Å². The number of rotatable bonds is 5. The molecule has 3 N–H and O–H groups in total. The Morgan fingerprint density at radius 3 is 2.76 bits per heavy atom. The highest BCUT2D eigenvalue weighted by atomic mass is 32.2. The van der Waals surface area contributed by atoms with Crippen molar-refractivity contribution in [2.24, 2.45) is 0 Å². The van der Waals surface area contributed by atoms with E-state index in [1.54, 1.807) is 0 Å². The molecule has 9 heteroatoms. The number of aromatic amines is 1. The van der Waals surface area contributed by atoms with Crippen LogP contribution >= 0.6 is 0 Å². The molecule has 1 aromatic heterocycles. The van der Waals surface area contributed by atoms with Gasteiger partial charge in [0.2, 0.25) is 10.0 Å². The third kappa shape index (κ3) is 3.26. The van der Waals surface area contributed by atoms with Crippen molar-refractivity contribution < 1.29 is 22.7 Å². The zero-order valence-corrected chi connectivity index (χ0v) is 11.7. The van der Waals surface area contributed by atoms with Crippen molar-refractivity contribution in [1.29, 1.82) is 0 Å². The summed E-state index contributed by atoms with van der Waals surface area (Å²) in [5, 5.41) is 8.88. The molecule has 0 atom stereocenters. The van der Waals surface area contributed by atoms with E-state index < -0.39 is 32.3 Å². The van der Waals surface area contributed by atoms with Crippen LogP contribution in [-0.4, -0.2) is 29.5 Å². The van der Waals surface area contributed by atoms with Crippen LogP contribution in [-0.2, 0) is 16.6 Å². The van der Waals surface area contributed by atoms with Crippen molar-refractivity contribution in [1.82, 2.24) is 14.7 Å². The number of H-pyrrole nitrogens is 1. The number of aromatic nitrogens is 2. The number of benzene rings is 1. The maximum Gasteiger partial charge on any atom is 0.335 e. The van der Waals surface area contributed by atoms with Gasteiger partial charge in [0.25, 0.3) is 0 Å². The van der Waals surface area contributed by atoms with Crippen molar-refractivity contribution in [3.8, 4) is 0 Å². The fourth-order valence-corrected chi connectivity index (χ4v) is 2.97. The molecule has 0 aliphatic rings. The first-order valence-electron chi connectivity index (χ1n) is 5.81. The molecule has 0 unspecified atom stereocenters. The first kappa shape index (κ1) is 15.1. The summed E-state index contributed by atoms with van der Waals surface area (Å²) in [5.41, 5.74) is -0.0526. The van der Waals surface area contributed by atoms with E-state index in [1.807, 2.05) is 0 Å². The van der Waals surface area contributed by atoms with Gasteiger partial charge in [-0.25, -0.2) is 27.3 Å². The van der Waals surface area contributed by atoms with E-state index in [2.05, 4.69) is 14.7 Å². The minimum Gasteiger partial charge on any atom is -0.478 e. The first-order chi connectivity index (χ1) is 9.81. The van der Waals surface area contributed by atoms with Crippen LogP contribution in [0.15, 0.2) is 29.6 Å². The lowest BCUT2D eigenvalue weighted by Crippen LogP contribution is -2.25. The number of nitrogens with zero attached hydrogens (tertiary/aromatic N) is 1. The Kier molecular flexibility index (Phi) is 4.05. The fourth-order valence-electron chi connectivity index (χ4n) is 1.69. The number of aromatic carboxylic acids is 1. The highest BCUT2D eigenvalue weighted by molar-refractivity contribution is 7.89. The van der Waals surface area contributed by atoms with Gasteiger partial charge in [-0.3, -0.25) is 0 Å². The molecule has 21 heavy (non-hydrogen) atoms. The smallest absolute Gasteiger partial charge is 0.335 e. The topological polar surface area (TPSA) is 112 Å². The third-order valence-corrected chi connectivity index (χ3v) is 4.37. The quantitative estimate of drug-likeness (QED) is 0.763. The predicted octanol–water partition coefficient (Wildman–Crippen LogP) is 1.03. The zero-order chi connectivity index (χ0) is 15.6. The summed E-state index contributed by atoms with van der Waals surface area (Å²) >= 11 is 0. The molecule has 1 aromatic carbocycles. The van der Waals surface area contributed by atoms with Gasteiger partial charge in [-0.15, -0.1) is 0 Å². The van der Waals surface area contributed by atoms with E-state index in [0.717, 1.165) is 12.1 Å². The SMILES string of the molecule is Cc1c(F)cc(C(=O)O)cc1S(=O)(=O)NCc1cnc[nH]1. The number of hydrogen-bond donors (Lipinski definition) is 3. The summed E-state index contributed by atoms with van der Waals surface area (Å²) in [6.45, 7) is 1.20. The number of sulfonamides is 1. The normalized spacial score (nSPS) is 11.5. The van der Waals surface area contributed by atoms with Crippen LogP contribution in [0.3, 0.4) is 0 Å². The molecule has 0 aliphatic carbocycles. The van der Waals surface area contributed by atoms with E-state index >= 15 is 0 Å². The second kappa shape index (κ2) is 5.62. The second-order valence-electron chi connectivity index (χ2n) is 4.29. The van der Waals surface area contributed by atoms with Crippen molar-refractivity contribution in [2.75, 3.05) is 0 Å². The molecule has 0 radical (unpaired) electrons. The predicted molar refractivity (Wildman–Crippen MR) is 70.7 cm³/mol. The number of carboxylic acids is 1. The van der Waals surface area contributed by atoms with Gasteiger partial charge in [0.05, 0.1) is 23.3 Å². The summed E-state index contributed by atoms with van der Waals surface area (Å²) < 4.78 is 40.3. The number of carbonyl (C=O) groups is 1. The fraction of sp³-hybridized carbons (Fsp3) is 0.167. The molecule has 2 rings (SSSR count). The molecule has 7 nitrogen and oxygen atoms in total. The Bertz CT molecular complexity index is 772. The van der Waals surface area contributed by atoms with Crippen molar-refractivity contribution >= 4 is 16.0 Å². The maximum atomic E-state index is 13.7. The summed E-state index contributed by atoms with van der Waals surface area (Å²) in [5.74, 6) is -2.30. The van der Waals surface area contributed by atoms with Crippen LogP contribution in [0.25, 0.3) is 0 Å².